The SMILES string of the molecule is CC([O])CCN(C)C. The second kappa shape index (κ2) is 3.87. The predicted molar refractivity (Wildman–Crippen MR) is 33.3 cm³/mol. The topological polar surface area (TPSA) is 23.1 Å². The molecule has 0 saturated carbocycles. The summed E-state index contributed by atoms with van der Waals surface area (Å²) in [6.07, 6.45) is 0.352. The smallest absolute Gasteiger partial charge is 0.0914 e. The lowest BCUT2D eigenvalue weighted by atomic mass is 10.3. The van der Waals surface area contributed by atoms with Crippen LogP contribution in [0.3, 0.4) is 0 Å². The first-order valence-electron chi connectivity index (χ1n) is 2.93. The van der Waals surface area contributed by atoms with Crippen molar-refractivity contribution in [2.24, 2.45) is 0 Å². The highest BCUT2D eigenvalue weighted by Gasteiger charge is 1.96. The highest BCUT2D eigenvalue weighted by Crippen LogP contribution is 1.89. The van der Waals surface area contributed by atoms with E-state index in [4.69, 9.17) is 0 Å². The lowest BCUT2D eigenvalue weighted by molar-refractivity contribution is 0.0903. The summed E-state index contributed by atoms with van der Waals surface area (Å²) in [6.45, 7) is 2.61. The number of hydrogen-bond acceptors (Lipinski definition) is 1. The van der Waals surface area contributed by atoms with Gasteiger partial charge < -0.3 is 4.90 Å². The van der Waals surface area contributed by atoms with Gasteiger partial charge in [0.1, 0.15) is 0 Å². The fourth-order valence-corrected chi connectivity index (χ4v) is 0.440. The van der Waals surface area contributed by atoms with E-state index >= 15 is 0 Å². The third kappa shape index (κ3) is 5.92. The maximum absolute atomic E-state index is 10.4. The molecule has 0 aliphatic carbocycles. The Balaban J connectivity index is 2.93. The Morgan fingerprint density at radius 1 is 1.50 bits per heavy atom. The molecule has 1 atom stereocenters. The first kappa shape index (κ1) is 7.92. The summed E-state index contributed by atoms with van der Waals surface area (Å²) < 4.78 is 0. The van der Waals surface area contributed by atoms with Gasteiger partial charge in [-0.1, -0.05) is 0 Å². The van der Waals surface area contributed by atoms with Gasteiger partial charge in [-0.05, 0) is 27.4 Å². The second-order valence-electron chi connectivity index (χ2n) is 2.40. The summed E-state index contributed by atoms with van der Waals surface area (Å²) in [5, 5.41) is 10.4. The summed E-state index contributed by atoms with van der Waals surface area (Å²) in [5.41, 5.74) is 0. The van der Waals surface area contributed by atoms with Crippen molar-refractivity contribution in [2.45, 2.75) is 19.4 Å². The van der Waals surface area contributed by atoms with Gasteiger partial charge in [0.05, 0.1) is 6.10 Å². The molecule has 0 spiro atoms. The Bertz CT molecular complexity index is 44.5. The van der Waals surface area contributed by atoms with Gasteiger partial charge >= 0.3 is 0 Å². The summed E-state index contributed by atoms with van der Waals surface area (Å²) in [5.74, 6) is 0. The van der Waals surface area contributed by atoms with Gasteiger partial charge in [-0.25, -0.2) is 5.11 Å². The second-order valence-corrected chi connectivity index (χ2v) is 2.40. The standard InChI is InChI=1S/C6H14NO/c1-6(8)4-5-7(2)3/h6H,4-5H2,1-3H3. The summed E-state index contributed by atoms with van der Waals surface area (Å²) in [6, 6.07) is 0. The molecule has 0 saturated heterocycles. The maximum atomic E-state index is 10.4. The lowest BCUT2D eigenvalue weighted by Crippen LogP contribution is -2.16. The predicted octanol–water partition coefficient (Wildman–Crippen LogP) is 0.757. The van der Waals surface area contributed by atoms with Gasteiger partial charge in [0.15, 0.2) is 0 Å². The van der Waals surface area contributed by atoms with Gasteiger partial charge in [0, 0.05) is 6.54 Å². The molecule has 0 aromatic heterocycles. The molecule has 2 nitrogen and oxygen atoms in total. The van der Waals surface area contributed by atoms with E-state index in [-0.39, 0.29) is 0 Å². The highest BCUT2D eigenvalue weighted by molar-refractivity contribution is 4.48. The lowest BCUT2D eigenvalue weighted by Gasteiger charge is -2.08. The zero-order valence-corrected chi connectivity index (χ0v) is 5.85. The number of nitrogens with zero attached hydrogens (tertiary/aromatic N) is 1. The molecule has 0 aliphatic heterocycles. The van der Waals surface area contributed by atoms with Crippen LogP contribution in [-0.4, -0.2) is 31.6 Å². The molecule has 0 rings (SSSR count). The van der Waals surface area contributed by atoms with Gasteiger partial charge in [-0.2, -0.15) is 0 Å². The van der Waals surface area contributed by atoms with Gasteiger partial charge in [0.2, 0.25) is 0 Å². The highest BCUT2D eigenvalue weighted by atomic mass is 16.3. The van der Waals surface area contributed by atoms with Crippen LogP contribution in [0.15, 0.2) is 0 Å². The van der Waals surface area contributed by atoms with E-state index in [1.165, 1.54) is 0 Å². The molecule has 1 unspecified atom stereocenters. The Kier molecular flexibility index (Phi) is 3.83. The monoisotopic (exact) mass is 116 g/mol. The van der Waals surface area contributed by atoms with Crippen molar-refractivity contribution in [1.82, 2.24) is 4.90 Å². The zero-order valence-electron chi connectivity index (χ0n) is 5.85. The average Bonchev–Trinajstić information content (AvgIpc) is 1.61. The van der Waals surface area contributed by atoms with Crippen LogP contribution in [0.2, 0.25) is 0 Å². The van der Waals surface area contributed by atoms with Crippen molar-refractivity contribution < 1.29 is 5.11 Å². The van der Waals surface area contributed by atoms with E-state index < -0.39 is 6.10 Å². The minimum Gasteiger partial charge on any atom is -0.309 e. The molecule has 0 heterocycles. The van der Waals surface area contributed by atoms with Gasteiger partial charge in [-0.3, -0.25) is 0 Å². The number of rotatable bonds is 3. The van der Waals surface area contributed by atoms with Gasteiger partial charge in [0.25, 0.3) is 0 Å². The summed E-state index contributed by atoms with van der Waals surface area (Å²) in [4.78, 5) is 2.02. The van der Waals surface area contributed by atoms with Crippen LogP contribution in [0.4, 0.5) is 0 Å². The molecule has 0 fully saturated rings. The van der Waals surface area contributed by atoms with E-state index in [0.717, 1.165) is 13.0 Å². The molecule has 2 heteroatoms. The zero-order chi connectivity index (χ0) is 6.57. The molecule has 49 valence electrons. The molecule has 0 bridgehead atoms. The van der Waals surface area contributed by atoms with Crippen LogP contribution in [0, 0.1) is 0 Å². The van der Waals surface area contributed by atoms with E-state index in [0.29, 0.717) is 0 Å². The van der Waals surface area contributed by atoms with E-state index in [9.17, 15) is 5.11 Å². The Morgan fingerprint density at radius 2 is 2.00 bits per heavy atom. The van der Waals surface area contributed by atoms with Crippen molar-refractivity contribution >= 4 is 0 Å². The first-order chi connectivity index (χ1) is 3.63. The van der Waals surface area contributed by atoms with Crippen molar-refractivity contribution in [3.8, 4) is 0 Å². The first-order valence-corrected chi connectivity index (χ1v) is 2.93. The average molecular weight is 116 g/mol. The third-order valence-electron chi connectivity index (χ3n) is 0.983. The fraction of sp³-hybridized carbons (Fsp3) is 1.00. The van der Waals surface area contributed by atoms with E-state index in [1.54, 1.807) is 6.92 Å². The Labute approximate surface area is 51.1 Å². The molecular formula is C6H14NO. The largest absolute Gasteiger partial charge is 0.309 e. The molecule has 0 aromatic carbocycles. The van der Waals surface area contributed by atoms with E-state index in [2.05, 4.69) is 0 Å². The molecule has 1 radical (unpaired) electrons. The van der Waals surface area contributed by atoms with Crippen LogP contribution in [0.5, 0.6) is 0 Å². The van der Waals surface area contributed by atoms with Crippen molar-refractivity contribution in [3.63, 3.8) is 0 Å². The normalized spacial score (nSPS) is 14.6. The van der Waals surface area contributed by atoms with Crippen molar-refractivity contribution in [1.29, 1.82) is 0 Å². The van der Waals surface area contributed by atoms with Crippen LogP contribution in [-0.2, 0) is 5.11 Å². The van der Waals surface area contributed by atoms with Crippen molar-refractivity contribution in [2.75, 3.05) is 20.6 Å². The minimum absolute atomic E-state index is 0.405. The molecule has 0 N–H and O–H groups in total. The summed E-state index contributed by atoms with van der Waals surface area (Å²) >= 11 is 0. The summed E-state index contributed by atoms with van der Waals surface area (Å²) in [7, 11) is 3.95. The van der Waals surface area contributed by atoms with Crippen LogP contribution >= 0.6 is 0 Å². The van der Waals surface area contributed by atoms with Crippen molar-refractivity contribution in [3.05, 3.63) is 0 Å². The number of hydrogen-bond donors (Lipinski definition) is 0. The molecule has 8 heavy (non-hydrogen) atoms. The Morgan fingerprint density at radius 3 is 2.12 bits per heavy atom. The van der Waals surface area contributed by atoms with Crippen LogP contribution in [0.25, 0.3) is 0 Å². The molecule has 0 amide bonds. The van der Waals surface area contributed by atoms with E-state index in [1.807, 2.05) is 19.0 Å². The quantitative estimate of drug-likeness (QED) is 0.534. The maximum Gasteiger partial charge on any atom is 0.0914 e. The Hall–Kier alpha value is -0.0800. The molecule has 0 aliphatic rings. The molecular weight excluding hydrogens is 102 g/mol. The fourth-order valence-electron chi connectivity index (χ4n) is 0.440. The van der Waals surface area contributed by atoms with Gasteiger partial charge in [-0.15, -0.1) is 0 Å². The van der Waals surface area contributed by atoms with Crippen LogP contribution in [0.1, 0.15) is 13.3 Å². The molecule has 0 aromatic rings. The third-order valence-corrected chi connectivity index (χ3v) is 0.983. The minimum atomic E-state index is -0.405. The van der Waals surface area contributed by atoms with Crippen LogP contribution < -0.4 is 0 Å².